The summed E-state index contributed by atoms with van der Waals surface area (Å²) in [5.41, 5.74) is 1.50. The largest absolute Gasteiger partial charge is 0.480 e. The van der Waals surface area contributed by atoms with E-state index in [-0.39, 0.29) is 5.41 Å². The van der Waals surface area contributed by atoms with E-state index < -0.39 is 0 Å². The highest BCUT2D eigenvalue weighted by molar-refractivity contribution is 9.10. The lowest BCUT2D eigenvalue weighted by Crippen LogP contribution is -2.16. The molecular formula is C13H15BrN4OS. The number of halogens is 1. The maximum Gasteiger partial charge on any atom is 0.233 e. The quantitative estimate of drug-likeness (QED) is 0.833. The molecule has 0 aliphatic carbocycles. The minimum absolute atomic E-state index is 0.0933. The van der Waals surface area contributed by atoms with Crippen LogP contribution in [0.15, 0.2) is 16.6 Å². The van der Waals surface area contributed by atoms with Gasteiger partial charge in [-0.1, -0.05) is 33.0 Å². The van der Waals surface area contributed by atoms with Crippen LogP contribution in [0.4, 0.5) is 0 Å². The third-order valence-corrected chi connectivity index (χ3v) is 4.04. The van der Waals surface area contributed by atoms with Crippen LogP contribution in [0.5, 0.6) is 5.88 Å². The summed E-state index contributed by atoms with van der Waals surface area (Å²) in [6, 6.07) is 3.53. The van der Waals surface area contributed by atoms with Crippen molar-refractivity contribution in [1.29, 1.82) is 0 Å². The van der Waals surface area contributed by atoms with Gasteiger partial charge in [0, 0.05) is 17.2 Å². The monoisotopic (exact) mass is 354 g/mol. The molecule has 2 rings (SSSR count). The maximum absolute atomic E-state index is 5.29. The number of H-pyrrole nitrogens is 1. The van der Waals surface area contributed by atoms with E-state index in [1.54, 1.807) is 19.2 Å². The molecule has 0 radical (unpaired) electrons. The zero-order valence-electron chi connectivity index (χ0n) is 11.7. The van der Waals surface area contributed by atoms with Gasteiger partial charge in [0.05, 0.1) is 11.6 Å². The molecular weight excluding hydrogens is 340 g/mol. The van der Waals surface area contributed by atoms with Crippen molar-refractivity contribution in [2.24, 2.45) is 0 Å². The molecule has 2 heterocycles. The molecule has 0 unspecified atom stereocenters. The van der Waals surface area contributed by atoms with E-state index in [0.717, 1.165) is 10.2 Å². The summed E-state index contributed by atoms with van der Waals surface area (Å²) in [7, 11) is 1.55. The van der Waals surface area contributed by atoms with E-state index in [2.05, 4.69) is 56.9 Å². The second-order valence-electron chi connectivity index (χ2n) is 5.29. The van der Waals surface area contributed by atoms with Gasteiger partial charge in [0.1, 0.15) is 10.3 Å². The van der Waals surface area contributed by atoms with Crippen LogP contribution >= 0.6 is 28.1 Å². The Kier molecular flexibility index (Phi) is 4.19. The van der Waals surface area contributed by atoms with Crippen LogP contribution < -0.4 is 4.74 Å². The molecule has 0 fully saturated rings. The minimum atomic E-state index is -0.0933. The fraction of sp³-hybridized carbons (Fsp3) is 0.385. The van der Waals surface area contributed by atoms with E-state index in [0.29, 0.717) is 22.0 Å². The van der Waals surface area contributed by atoms with Crippen molar-refractivity contribution in [3.05, 3.63) is 26.9 Å². The van der Waals surface area contributed by atoms with Gasteiger partial charge in [0.15, 0.2) is 5.82 Å². The summed E-state index contributed by atoms with van der Waals surface area (Å²) in [4.78, 5) is 7.62. The highest BCUT2D eigenvalue weighted by Gasteiger charge is 2.20. The molecule has 5 nitrogen and oxygen atoms in total. The Morgan fingerprint density at radius 3 is 2.45 bits per heavy atom. The average molecular weight is 355 g/mol. The summed E-state index contributed by atoms with van der Waals surface area (Å²) < 4.78 is 6.31. The Hall–Kier alpha value is -1.34. The minimum Gasteiger partial charge on any atom is -0.480 e. The molecule has 0 saturated carbocycles. The summed E-state index contributed by atoms with van der Waals surface area (Å²) in [5, 5.41) is 8.02. The standard InChI is InChI=1S/C13H15BrN4OS/c1-13(2,3)10-9(14)12(20)16-11(15-10)7-5-6-8(19-4)18-17-7/h5-6H,1-4H3,(H,15,16,20). The van der Waals surface area contributed by atoms with Gasteiger partial charge in [0.2, 0.25) is 5.88 Å². The number of aromatic amines is 1. The molecule has 0 aromatic carbocycles. The lowest BCUT2D eigenvalue weighted by molar-refractivity contribution is 0.392. The van der Waals surface area contributed by atoms with Crippen molar-refractivity contribution in [2.75, 3.05) is 7.11 Å². The zero-order valence-corrected chi connectivity index (χ0v) is 14.1. The van der Waals surface area contributed by atoms with Crippen molar-refractivity contribution < 1.29 is 4.74 Å². The molecule has 2 aromatic heterocycles. The summed E-state index contributed by atoms with van der Waals surface area (Å²) in [6.45, 7) is 6.30. The first-order valence-corrected chi connectivity index (χ1v) is 7.21. The van der Waals surface area contributed by atoms with Gasteiger partial charge in [-0.3, -0.25) is 0 Å². The van der Waals surface area contributed by atoms with Crippen LogP contribution in [0.1, 0.15) is 26.5 Å². The van der Waals surface area contributed by atoms with Crippen LogP contribution in [0.25, 0.3) is 11.5 Å². The first kappa shape index (κ1) is 15.1. The fourth-order valence-electron chi connectivity index (χ4n) is 1.65. The van der Waals surface area contributed by atoms with Crippen LogP contribution in [-0.2, 0) is 5.41 Å². The van der Waals surface area contributed by atoms with E-state index >= 15 is 0 Å². The van der Waals surface area contributed by atoms with Gasteiger partial charge in [-0.2, -0.15) is 0 Å². The van der Waals surface area contributed by atoms with Gasteiger partial charge in [0.25, 0.3) is 0 Å². The smallest absolute Gasteiger partial charge is 0.233 e. The Balaban J connectivity index is 2.57. The van der Waals surface area contributed by atoms with Gasteiger partial charge in [-0.25, -0.2) is 4.98 Å². The number of nitrogens with zero attached hydrogens (tertiary/aromatic N) is 3. The predicted molar refractivity (Wildman–Crippen MR) is 83.4 cm³/mol. The Labute approximate surface area is 131 Å². The zero-order chi connectivity index (χ0) is 14.9. The van der Waals surface area contributed by atoms with Gasteiger partial charge in [-0.05, 0) is 22.0 Å². The van der Waals surface area contributed by atoms with E-state index in [9.17, 15) is 0 Å². The van der Waals surface area contributed by atoms with Crippen molar-refractivity contribution in [3.63, 3.8) is 0 Å². The molecule has 0 saturated heterocycles. The summed E-state index contributed by atoms with van der Waals surface area (Å²) in [5.74, 6) is 1.05. The van der Waals surface area contributed by atoms with Gasteiger partial charge in [-0.15, -0.1) is 10.2 Å². The van der Waals surface area contributed by atoms with Crippen LogP contribution in [-0.4, -0.2) is 27.3 Å². The number of nitrogens with one attached hydrogen (secondary N) is 1. The predicted octanol–water partition coefficient (Wildman–Crippen LogP) is 3.66. The summed E-state index contributed by atoms with van der Waals surface area (Å²) >= 11 is 8.79. The Bertz CT molecular complexity index is 676. The maximum atomic E-state index is 5.29. The Morgan fingerprint density at radius 2 is 1.95 bits per heavy atom. The van der Waals surface area contributed by atoms with E-state index in [1.165, 1.54) is 0 Å². The molecule has 0 aliphatic heterocycles. The molecule has 20 heavy (non-hydrogen) atoms. The number of methoxy groups -OCH3 is 1. The fourth-order valence-corrected chi connectivity index (χ4v) is 2.63. The van der Waals surface area contributed by atoms with Gasteiger partial charge >= 0.3 is 0 Å². The number of hydrogen-bond donors (Lipinski definition) is 1. The molecule has 0 bridgehead atoms. The molecule has 2 aromatic rings. The van der Waals surface area contributed by atoms with Crippen LogP contribution in [0.3, 0.4) is 0 Å². The third kappa shape index (κ3) is 3.04. The first-order chi connectivity index (χ1) is 9.32. The van der Waals surface area contributed by atoms with Gasteiger partial charge < -0.3 is 9.72 Å². The third-order valence-electron chi connectivity index (χ3n) is 2.71. The van der Waals surface area contributed by atoms with E-state index in [4.69, 9.17) is 17.0 Å². The van der Waals surface area contributed by atoms with Crippen molar-refractivity contribution >= 4 is 28.1 Å². The highest BCUT2D eigenvalue weighted by atomic mass is 79.9. The number of hydrogen-bond acceptors (Lipinski definition) is 5. The lowest BCUT2D eigenvalue weighted by Gasteiger charge is -2.21. The second-order valence-corrected chi connectivity index (χ2v) is 6.47. The number of aromatic nitrogens is 4. The number of rotatable bonds is 2. The van der Waals surface area contributed by atoms with Crippen molar-refractivity contribution in [2.45, 2.75) is 26.2 Å². The van der Waals surface area contributed by atoms with Crippen LogP contribution in [0.2, 0.25) is 0 Å². The Morgan fingerprint density at radius 1 is 1.25 bits per heavy atom. The average Bonchev–Trinajstić information content (AvgIpc) is 2.40. The van der Waals surface area contributed by atoms with Crippen molar-refractivity contribution in [1.82, 2.24) is 20.2 Å². The molecule has 0 atom stereocenters. The number of ether oxygens (including phenoxy) is 1. The molecule has 0 amide bonds. The van der Waals surface area contributed by atoms with E-state index in [1.807, 2.05) is 0 Å². The van der Waals surface area contributed by atoms with Crippen LogP contribution in [0, 0.1) is 4.64 Å². The first-order valence-electron chi connectivity index (χ1n) is 6.01. The highest BCUT2D eigenvalue weighted by Crippen LogP contribution is 2.29. The molecule has 1 N–H and O–H groups in total. The second kappa shape index (κ2) is 5.57. The van der Waals surface area contributed by atoms with Crippen molar-refractivity contribution in [3.8, 4) is 17.4 Å². The molecule has 0 aliphatic rings. The topological polar surface area (TPSA) is 63.7 Å². The SMILES string of the molecule is COc1ccc(-c2nc(=S)c(Br)c(C(C)(C)C)[nH]2)nn1. The summed E-state index contributed by atoms with van der Waals surface area (Å²) in [6.07, 6.45) is 0. The molecule has 106 valence electrons. The normalized spacial score (nSPS) is 11.4. The molecule has 0 spiro atoms. The molecule has 7 heteroatoms. The lowest BCUT2D eigenvalue weighted by atomic mass is 9.92.